The molecule has 1 amide bonds. The van der Waals surface area contributed by atoms with E-state index in [0.29, 0.717) is 18.7 Å². The maximum absolute atomic E-state index is 13.6. The van der Waals surface area contributed by atoms with Gasteiger partial charge in [0.2, 0.25) is 5.91 Å². The summed E-state index contributed by atoms with van der Waals surface area (Å²) < 4.78 is 15.5. The Kier molecular flexibility index (Phi) is 5.51. The summed E-state index contributed by atoms with van der Waals surface area (Å²) in [5, 5.41) is 2.55. The zero-order valence-corrected chi connectivity index (χ0v) is 12.3. The highest BCUT2D eigenvalue weighted by molar-refractivity contribution is 5.92. The molecule has 0 aromatic carbocycles. The summed E-state index contributed by atoms with van der Waals surface area (Å²) in [6.45, 7) is 1.11. The molecule has 0 bridgehead atoms. The summed E-state index contributed by atoms with van der Waals surface area (Å²) in [5.41, 5.74) is 5.78. The quantitative estimate of drug-likeness (QED) is 0.495. The molecule has 7 heteroatoms. The standard InChI is InChI=1S/C16H15FN4O2/c17-15-12-21(10-5-14(15)11-19-23)7-2-1-6-20-8-3-13(4-9-20)16(18)22/h1-5,8-12H,6-7H2,(H-,18,22)/p+1/b2-1+,14-11+. The van der Waals surface area contributed by atoms with Gasteiger partial charge in [0.25, 0.3) is 0 Å². The Labute approximate surface area is 132 Å². The smallest absolute Gasteiger partial charge is 0.249 e. The van der Waals surface area contributed by atoms with Crippen LogP contribution in [0.25, 0.3) is 0 Å². The Bertz CT molecular complexity index is 705. The monoisotopic (exact) mass is 315 g/mol. The Balaban J connectivity index is 1.86. The SMILES string of the molecule is NC(=O)c1cc[n+](C/C=C/CN2C=C/C(=C\N=O)C(F)=C2)cc1. The van der Waals surface area contributed by atoms with Gasteiger partial charge in [0.15, 0.2) is 18.9 Å². The molecular formula is C16H16FN4O2+. The van der Waals surface area contributed by atoms with Crippen LogP contribution in [-0.4, -0.2) is 17.4 Å². The molecule has 0 spiro atoms. The van der Waals surface area contributed by atoms with E-state index in [1.54, 1.807) is 35.6 Å². The topological polar surface area (TPSA) is 79.6 Å². The highest BCUT2D eigenvalue weighted by atomic mass is 19.1. The van der Waals surface area contributed by atoms with Crippen molar-refractivity contribution in [1.82, 2.24) is 4.90 Å². The number of hydrogen-bond acceptors (Lipinski definition) is 4. The van der Waals surface area contributed by atoms with Crippen molar-refractivity contribution in [3.8, 4) is 0 Å². The molecule has 0 unspecified atom stereocenters. The molecule has 118 valence electrons. The lowest BCUT2D eigenvalue weighted by atomic mass is 10.2. The molecule has 0 atom stereocenters. The second-order valence-corrected chi connectivity index (χ2v) is 4.80. The van der Waals surface area contributed by atoms with Crippen molar-refractivity contribution in [2.75, 3.05) is 6.54 Å². The summed E-state index contributed by atoms with van der Waals surface area (Å²) in [5.74, 6) is -0.964. The highest BCUT2D eigenvalue weighted by Gasteiger charge is 2.09. The van der Waals surface area contributed by atoms with Crippen molar-refractivity contribution in [3.05, 3.63) is 83.2 Å². The van der Waals surface area contributed by atoms with Crippen LogP contribution in [0.2, 0.25) is 0 Å². The molecule has 0 fully saturated rings. The molecule has 6 nitrogen and oxygen atoms in total. The van der Waals surface area contributed by atoms with Gasteiger partial charge in [0, 0.05) is 36.7 Å². The summed E-state index contributed by atoms with van der Waals surface area (Å²) >= 11 is 0. The summed E-state index contributed by atoms with van der Waals surface area (Å²) in [6.07, 6.45) is 12.7. The first kappa shape index (κ1) is 16.3. The number of allylic oxidation sites excluding steroid dienone is 4. The molecule has 23 heavy (non-hydrogen) atoms. The van der Waals surface area contributed by atoms with Gasteiger partial charge in [-0.2, -0.15) is 0 Å². The largest absolute Gasteiger partial charge is 0.366 e. The van der Waals surface area contributed by atoms with Gasteiger partial charge in [-0.1, -0.05) is 6.08 Å². The second kappa shape index (κ2) is 7.79. The molecule has 0 saturated carbocycles. The van der Waals surface area contributed by atoms with Gasteiger partial charge in [-0.3, -0.25) is 4.79 Å². The molecule has 2 heterocycles. The molecule has 0 saturated heterocycles. The molecule has 1 aliphatic rings. The number of nitrogens with zero attached hydrogens (tertiary/aromatic N) is 3. The van der Waals surface area contributed by atoms with Crippen molar-refractivity contribution in [3.63, 3.8) is 0 Å². The van der Waals surface area contributed by atoms with Crippen LogP contribution < -0.4 is 10.3 Å². The van der Waals surface area contributed by atoms with E-state index in [0.717, 1.165) is 6.20 Å². The third kappa shape index (κ3) is 4.70. The van der Waals surface area contributed by atoms with Crippen molar-refractivity contribution >= 4 is 5.91 Å². The Hall–Kier alpha value is -3.09. The summed E-state index contributed by atoms with van der Waals surface area (Å²) in [6, 6.07) is 3.30. The molecule has 1 aromatic rings. The number of hydrogen-bond donors (Lipinski definition) is 1. The van der Waals surface area contributed by atoms with Gasteiger partial charge >= 0.3 is 0 Å². The minimum Gasteiger partial charge on any atom is -0.366 e. The summed E-state index contributed by atoms with van der Waals surface area (Å²) in [7, 11) is 0. The van der Waals surface area contributed by atoms with Crippen molar-refractivity contribution < 1.29 is 13.8 Å². The van der Waals surface area contributed by atoms with Crippen molar-refractivity contribution in [2.24, 2.45) is 10.9 Å². The Morgan fingerprint density at radius 3 is 2.70 bits per heavy atom. The fourth-order valence-corrected chi connectivity index (χ4v) is 1.93. The molecule has 1 aromatic heterocycles. The fraction of sp³-hybridized carbons (Fsp3) is 0.125. The number of halogens is 1. The second-order valence-electron chi connectivity index (χ2n) is 4.80. The lowest BCUT2D eigenvalue weighted by Gasteiger charge is -2.17. The number of carbonyl (C=O) groups is 1. The van der Waals surface area contributed by atoms with Crippen LogP contribution in [0.4, 0.5) is 4.39 Å². The number of amides is 1. The van der Waals surface area contributed by atoms with E-state index >= 15 is 0 Å². The van der Waals surface area contributed by atoms with Crippen LogP contribution in [0, 0.1) is 4.91 Å². The van der Waals surface area contributed by atoms with Crippen LogP contribution >= 0.6 is 0 Å². The van der Waals surface area contributed by atoms with E-state index in [-0.39, 0.29) is 5.57 Å². The van der Waals surface area contributed by atoms with E-state index in [2.05, 4.69) is 5.18 Å². The average molecular weight is 315 g/mol. The predicted octanol–water partition coefficient (Wildman–Crippen LogP) is 1.92. The van der Waals surface area contributed by atoms with E-state index in [9.17, 15) is 14.1 Å². The minimum atomic E-state index is -0.503. The van der Waals surface area contributed by atoms with Crippen molar-refractivity contribution in [2.45, 2.75) is 6.54 Å². The van der Waals surface area contributed by atoms with E-state index in [1.165, 1.54) is 12.3 Å². The zero-order valence-electron chi connectivity index (χ0n) is 12.3. The maximum atomic E-state index is 13.6. The molecular weight excluding hydrogens is 299 g/mol. The van der Waals surface area contributed by atoms with E-state index in [4.69, 9.17) is 5.73 Å². The normalized spacial score (nSPS) is 16.0. The van der Waals surface area contributed by atoms with Gasteiger partial charge in [0.1, 0.15) is 5.83 Å². The van der Waals surface area contributed by atoms with Gasteiger partial charge < -0.3 is 10.6 Å². The highest BCUT2D eigenvalue weighted by Crippen LogP contribution is 2.19. The average Bonchev–Trinajstić information content (AvgIpc) is 2.54. The number of nitrogens with two attached hydrogens (primary N) is 1. The number of pyridine rings is 1. The zero-order chi connectivity index (χ0) is 16.7. The predicted molar refractivity (Wildman–Crippen MR) is 83.2 cm³/mol. The van der Waals surface area contributed by atoms with E-state index in [1.807, 2.05) is 16.7 Å². The van der Waals surface area contributed by atoms with Crippen LogP contribution in [0.15, 0.2) is 77.9 Å². The molecule has 1 aliphatic heterocycles. The van der Waals surface area contributed by atoms with Crippen LogP contribution in [0.3, 0.4) is 0 Å². The van der Waals surface area contributed by atoms with E-state index < -0.39 is 11.7 Å². The number of carbonyl (C=O) groups excluding carboxylic acids is 1. The Morgan fingerprint density at radius 1 is 1.35 bits per heavy atom. The number of nitroso groups, excluding NO2 is 1. The lowest BCUT2D eigenvalue weighted by molar-refractivity contribution is -0.687. The van der Waals surface area contributed by atoms with Gasteiger partial charge in [0.05, 0.1) is 11.8 Å². The Morgan fingerprint density at radius 2 is 2.09 bits per heavy atom. The van der Waals surface area contributed by atoms with Crippen LogP contribution in [-0.2, 0) is 6.54 Å². The first-order chi connectivity index (χ1) is 11.1. The van der Waals surface area contributed by atoms with Gasteiger partial charge in [-0.05, 0) is 17.3 Å². The van der Waals surface area contributed by atoms with Crippen molar-refractivity contribution in [1.29, 1.82) is 0 Å². The third-order valence-electron chi connectivity index (χ3n) is 3.17. The molecule has 2 N–H and O–H groups in total. The maximum Gasteiger partial charge on any atom is 0.249 e. The fourth-order valence-electron chi connectivity index (χ4n) is 1.93. The van der Waals surface area contributed by atoms with Gasteiger partial charge in [-0.15, -0.1) is 4.91 Å². The first-order valence-electron chi connectivity index (χ1n) is 6.88. The number of aromatic nitrogens is 1. The van der Waals surface area contributed by atoms with Crippen LogP contribution in [0.5, 0.6) is 0 Å². The molecule has 0 aliphatic carbocycles. The third-order valence-corrected chi connectivity index (χ3v) is 3.17. The first-order valence-corrected chi connectivity index (χ1v) is 6.88. The lowest BCUT2D eigenvalue weighted by Crippen LogP contribution is -2.32. The molecule has 2 rings (SSSR count). The minimum absolute atomic E-state index is 0.158. The van der Waals surface area contributed by atoms with Gasteiger partial charge in [-0.25, -0.2) is 8.96 Å². The molecule has 0 radical (unpaired) electrons. The number of rotatable bonds is 6. The van der Waals surface area contributed by atoms with Crippen LogP contribution in [0.1, 0.15) is 10.4 Å². The number of primary amides is 1. The summed E-state index contributed by atoms with van der Waals surface area (Å²) in [4.78, 5) is 22.7.